The summed E-state index contributed by atoms with van der Waals surface area (Å²) in [5, 5.41) is 10.8. The molecule has 0 unspecified atom stereocenters. The molecule has 3 N–H and O–H groups in total. The summed E-state index contributed by atoms with van der Waals surface area (Å²) in [6.07, 6.45) is 14.0. The Kier molecular flexibility index (Phi) is 14.8. The highest BCUT2D eigenvalue weighted by Crippen LogP contribution is 2.09. The van der Waals surface area contributed by atoms with E-state index < -0.39 is 0 Å². The lowest BCUT2D eigenvalue weighted by molar-refractivity contribution is -0.656. The average molecular weight is 230 g/mol. The average Bonchev–Trinajstić information content (AvgIpc) is 2.31. The molecule has 0 saturated carbocycles. The van der Waals surface area contributed by atoms with E-state index >= 15 is 0 Å². The maximum atomic E-state index is 8.60. The molecule has 0 aliphatic rings. The monoisotopic (exact) mass is 230 g/mol. The predicted octanol–water partition coefficient (Wildman–Crippen LogP) is 2.46. The van der Waals surface area contributed by atoms with E-state index in [9.17, 15) is 0 Å². The van der Waals surface area contributed by atoms with E-state index in [1.54, 1.807) is 0 Å². The molecule has 0 bridgehead atoms. The Labute approximate surface area is 102 Å². The van der Waals surface area contributed by atoms with Gasteiger partial charge in [0.2, 0.25) is 0 Å². The van der Waals surface area contributed by atoms with Crippen LogP contribution in [0.2, 0.25) is 0 Å². The Balaban J connectivity index is 2.83. The van der Waals surface area contributed by atoms with E-state index in [1.807, 2.05) is 0 Å². The standard InChI is InChI=1S/C14H31NO/c1-2-3-4-5-6-7-8-9-10-11-12-15-13-14-16/h15-16H,2-14H2,1H3/p+1. The first-order valence-electron chi connectivity index (χ1n) is 7.34. The number of aliphatic hydroxyl groups is 1. The minimum Gasteiger partial charge on any atom is -0.391 e. The first kappa shape index (κ1) is 15.9. The first-order valence-corrected chi connectivity index (χ1v) is 7.34. The van der Waals surface area contributed by atoms with Crippen LogP contribution in [-0.4, -0.2) is 24.8 Å². The summed E-state index contributed by atoms with van der Waals surface area (Å²) >= 11 is 0. The summed E-state index contributed by atoms with van der Waals surface area (Å²) in [6, 6.07) is 0. The van der Waals surface area contributed by atoms with Gasteiger partial charge in [-0.15, -0.1) is 0 Å². The molecule has 0 radical (unpaired) electrons. The van der Waals surface area contributed by atoms with E-state index in [4.69, 9.17) is 5.11 Å². The quantitative estimate of drug-likeness (QED) is 0.469. The maximum Gasteiger partial charge on any atom is 0.0990 e. The lowest BCUT2D eigenvalue weighted by Crippen LogP contribution is -2.85. The fraction of sp³-hybridized carbons (Fsp3) is 1.00. The van der Waals surface area contributed by atoms with Crippen LogP contribution >= 0.6 is 0 Å². The first-order chi connectivity index (χ1) is 7.91. The van der Waals surface area contributed by atoms with Crippen molar-refractivity contribution < 1.29 is 10.4 Å². The van der Waals surface area contributed by atoms with E-state index in [0.29, 0.717) is 6.61 Å². The van der Waals surface area contributed by atoms with Gasteiger partial charge in [-0.1, -0.05) is 58.3 Å². The molecule has 0 atom stereocenters. The summed E-state index contributed by atoms with van der Waals surface area (Å²) in [6.45, 7) is 4.65. The van der Waals surface area contributed by atoms with Crippen molar-refractivity contribution in [2.75, 3.05) is 19.7 Å². The van der Waals surface area contributed by atoms with Gasteiger partial charge in [-0.2, -0.15) is 0 Å². The van der Waals surface area contributed by atoms with Crippen molar-refractivity contribution in [3.8, 4) is 0 Å². The highest BCUT2D eigenvalue weighted by Gasteiger charge is 1.93. The van der Waals surface area contributed by atoms with Crippen molar-refractivity contribution >= 4 is 0 Å². The van der Waals surface area contributed by atoms with Gasteiger partial charge in [-0.05, 0) is 12.8 Å². The van der Waals surface area contributed by atoms with Gasteiger partial charge in [0.15, 0.2) is 0 Å². The number of hydrogen-bond acceptors (Lipinski definition) is 1. The van der Waals surface area contributed by atoms with Crippen LogP contribution < -0.4 is 5.32 Å². The molecule has 0 aromatic carbocycles. The zero-order valence-electron chi connectivity index (χ0n) is 11.2. The zero-order valence-corrected chi connectivity index (χ0v) is 11.2. The van der Waals surface area contributed by atoms with Crippen molar-refractivity contribution in [1.29, 1.82) is 0 Å². The van der Waals surface area contributed by atoms with E-state index in [1.165, 1.54) is 70.8 Å². The molecule has 0 aromatic heterocycles. The molecule has 0 fully saturated rings. The van der Waals surface area contributed by atoms with Crippen molar-refractivity contribution in [2.45, 2.75) is 71.1 Å². The lowest BCUT2D eigenvalue weighted by Gasteiger charge is -2.02. The smallest absolute Gasteiger partial charge is 0.0990 e. The number of hydrogen-bond donors (Lipinski definition) is 2. The molecular weight excluding hydrogens is 198 g/mol. The number of rotatable bonds is 13. The molecule has 0 saturated heterocycles. The van der Waals surface area contributed by atoms with Gasteiger partial charge in [0.1, 0.15) is 0 Å². The summed E-state index contributed by atoms with van der Waals surface area (Å²) in [4.78, 5) is 0. The fourth-order valence-electron chi connectivity index (χ4n) is 2.01. The predicted molar refractivity (Wildman–Crippen MR) is 70.6 cm³/mol. The summed E-state index contributed by atoms with van der Waals surface area (Å²) in [5.41, 5.74) is 0. The van der Waals surface area contributed by atoms with Crippen LogP contribution in [0.15, 0.2) is 0 Å². The van der Waals surface area contributed by atoms with Crippen LogP contribution in [0.1, 0.15) is 71.1 Å². The largest absolute Gasteiger partial charge is 0.391 e. The highest BCUT2D eigenvalue weighted by molar-refractivity contribution is 4.46. The van der Waals surface area contributed by atoms with E-state index in [2.05, 4.69) is 12.2 Å². The number of unbranched alkanes of at least 4 members (excludes halogenated alkanes) is 9. The highest BCUT2D eigenvalue weighted by atomic mass is 16.3. The Morgan fingerprint density at radius 1 is 0.688 bits per heavy atom. The maximum absolute atomic E-state index is 8.60. The van der Waals surface area contributed by atoms with Crippen molar-refractivity contribution in [3.05, 3.63) is 0 Å². The molecule has 0 spiro atoms. The van der Waals surface area contributed by atoms with Gasteiger partial charge in [0.25, 0.3) is 0 Å². The van der Waals surface area contributed by atoms with Gasteiger partial charge in [-0.3, -0.25) is 0 Å². The number of aliphatic hydroxyl groups excluding tert-OH is 1. The van der Waals surface area contributed by atoms with Crippen molar-refractivity contribution in [1.82, 2.24) is 0 Å². The SMILES string of the molecule is CCCCCCCCCCCC[NH2+]CCO. The molecular formula is C14H32NO+. The second-order valence-corrected chi connectivity index (χ2v) is 4.77. The van der Waals surface area contributed by atoms with Crippen LogP contribution in [0.4, 0.5) is 0 Å². The van der Waals surface area contributed by atoms with Gasteiger partial charge < -0.3 is 10.4 Å². The van der Waals surface area contributed by atoms with Gasteiger partial charge in [0, 0.05) is 0 Å². The Bertz CT molecular complexity index is 103. The third-order valence-electron chi connectivity index (χ3n) is 3.10. The third kappa shape index (κ3) is 13.9. The summed E-state index contributed by atoms with van der Waals surface area (Å²) in [5.74, 6) is 0. The minimum absolute atomic E-state index is 0.317. The molecule has 0 amide bonds. The van der Waals surface area contributed by atoms with Gasteiger partial charge in [-0.25, -0.2) is 0 Å². The molecule has 0 rings (SSSR count). The van der Waals surface area contributed by atoms with Gasteiger partial charge >= 0.3 is 0 Å². The Morgan fingerprint density at radius 3 is 1.69 bits per heavy atom. The van der Waals surface area contributed by atoms with Crippen molar-refractivity contribution in [3.63, 3.8) is 0 Å². The van der Waals surface area contributed by atoms with E-state index in [0.717, 1.165) is 6.54 Å². The topological polar surface area (TPSA) is 36.8 Å². The molecule has 2 nitrogen and oxygen atoms in total. The summed E-state index contributed by atoms with van der Waals surface area (Å²) < 4.78 is 0. The summed E-state index contributed by atoms with van der Waals surface area (Å²) in [7, 11) is 0. The molecule has 0 heterocycles. The Morgan fingerprint density at radius 2 is 1.19 bits per heavy atom. The lowest BCUT2D eigenvalue weighted by atomic mass is 10.1. The van der Waals surface area contributed by atoms with Crippen LogP contribution in [0.25, 0.3) is 0 Å². The molecule has 0 aliphatic carbocycles. The molecule has 0 aromatic rings. The second kappa shape index (κ2) is 14.9. The van der Waals surface area contributed by atoms with Crippen molar-refractivity contribution in [2.24, 2.45) is 0 Å². The number of nitrogens with two attached hydrogens (primary N) is 1. The molecule has 2 heteroatoms. The molecule has 16 heavy (non-hydrogen) atoms. The van der Waals surface area contributed by atoms with Crippen LogP contribution in [0.3, 0.4) is 0 Å². The molecule has 0 aliphatic heterocycles. The normalized spacial score (nSPS) is 10.9. The fourth-order valence-corrected chi connectivity index (χ4v) is 2.01. The second-order valence-electron chi connectivity index (χ2n) is 4.77. The third-order valence-corrected chi connectivity index (χ3v) is 3.10. The van der Waals surface area contributed by atoms with Gasteiger partial charge in [0.05, 0.1) is 19.7 Å². The molecule has 98 valence electrons. The zero-order chi connectivity index (χ0) is 11.9. The van der Waals surface area contributed by atoms with Crippen LogP contribution in [-0.2, 0) is 0 Å². The number of quaternary nitrogens is 1. The Hall–Kier alpha value is -0.0800. The van der Waals surface area contributed by atoms with Crippen LogP contribution in [0.5, 0.6) is 0 Å². The minimum atomic E-state index is 0.317. The van der Waals surface area contributed by atoms with Crippen LogP contribution in [0, 0.1) is 0 Å². The van der Waals surface area contributed by atoms with E-state index in [-0.39, 0.29) is 0 Å².